The second-order valence-electron chi connectivity index (χ2n) is 26.1. The molecule has 103 heavy (non-hydrogen) atoms. The van der Waals surface area contributed by atoms with Crippen molar-refractivity contribution in [3.05, 3.63) is 240 Å². The molecule has 0 unspecified atom stereocenters. The molecule has 1 aliphatic rings. The van der Waals surface area contributed by atoms with Gasteiger partial charge in [0.1, 0.15) is 17.7 Å². The van der Waals surface area contributed by atoms with E-state index in [4.69, 9.17) is 24.0 Å². The number of alkyl carbamates (subject to hydrolysis) is 1. The predicted octanol–water partition coefficient (Wildman–Crippen LogP) is 10.7. The number of aromatic nitrogens is 14. The highest BCUT2D eigenvalue weighted by Crippen LogP contribution is 2.41. The van der Waals surface area contributed by atoms with Crippen molar-refractivity contribution in [2.24, 2.45) is 0 Å². The number of esters is 2. The monoisotopic (exact) mass is 1390 g/mol. The highest BCUT2D eigenvalue weighted by Gasteiger charge is 2.41. The molecule has 528 valence electrons. The largest absolute Gasteiger partial charge is 0.472 e. The number of ether oxygens (including phenoxy) is 3. The molecule has 5 aromatic heterocycles. The average Bonchev–Trinajstić information content (AvgIpc) is 1.73. The number of hydrogen-bond acceptors (Lipinski definition) is 19. The van der Waals surface area contributed by atoms with Gasteiger partial charge in [-0.2, -0.15) is 10.4 Å². The van der Waals surface area contributed by atoms with E-state index in [1.54, 1.807) is 38.1 Å². The topological polar surface area (TPSA) is 348 Å². The highest BCUT2D eigenvalue weighted by atomic mass is 16.6. The van der Waals surface area contributed by atoms with Gasteiger partial charge in [0.2, 0.25) is 17.5 Å². The van der Waals surface area contributed by atoms with Gasteiger partial charge in [0, 0.05) is 40.8 Å². The van der Waals surface area contributed by atoms with E-state index in [0.717, 1.165) is 91.8 Å². The van der Waals surface area contributed by atoms with Gasteiger partial charge in [0.25, 0.3) is 5.91 Å². The van der Waals surface area contributed by atoms with E-state index in [-0.39, 0.29) is 30.1 Å². The number of imidazole rings is 1. The number of fused-ring (bicyclic) bond motifs is 1. The van der Waals surface area contributed by atoms with Crippen LogP contribution in [0.15, 0.2) is 205 Å². The first-order valence-electron chi connectivity index (χ1n) is 34.0. The molecule has 26 nitrogen and oxygen atoms in total. The van der Waals surface area contributed by atoms with E-state index in [1.807, 2.05) is 152 Å². The lowest BCUT2D eigenvalue weighted by molar-refractivity contribution is -0.418. The molecular formula is C77H82N17O9+. The summed E-state index contributed by atoms with van der Waals surface area (Å²) in [5.74, 6) is 1.31. The molecule has 3 atom stereocenters. The number of amides is 2. The van der Waals surface area contributed by atoms with E-state index in [2.05, 4.69) is 114 Å². The molecule has 7 N–H and O–H groups in total. The zero-order chi connectivity index (χ0) is 72.3. The number of methoxy groups -OCH3 is 2. The Morgan fingerprint density at radius 3 is 1.62 bits per heavy atom. The lowest BCUT2D eigenvalue weighted by atomic mass is 9.77. The van der Waals surface area contributed by atoms with Crippen LogP contribution in [0.4, 0.5) is 4.79 Å². The number of tetrazole rings is 3. The van der Waals surface area contributed by atoms with E-state index in [0.29, 0.717) is 48.3 Å². The van der Waals surface area contributed by atoms with Gasteiger partial charge in [0.05, 0.1) is 62.0 Å². The molecule has 12 aromatic rings. The molecule has 1 saturated carbocycles. The maximum atomic E-state index is 13.5. The molecule has 0 aliphatic heterocycles. The van der Waals surface area contributed by atoms with Crippen molar-refractivity contribution < 1.29 is 48.3 Å². The zero-order valence-electron chi connectivity index (χ0n) is 58.2. The molecule has 26 heteroatoms. The van der Waals surface area contributed by atoms with E-state index in [9.17, 15) is 24.0 Å². The molecule has 2 amide bonds. The SMILES string of the molecule is CC(=O)[C@H](Cc1ccc(-c2nnn(C(c3ccccc3)(c3ccccc3)c3ccccc3)n2)cc1)NC(=O)OC(C)(C)C.COC(=O)C[C@@H]([NH3+])Cc1ccc(-c2nn[nH]n2)cc1.COC(=O)C[C@H](Cc1ccc(-c2nn[nH]n2)cc1)NC(=O)c1ccc2c(c1)nc(-c1ccoc1)n2C1CCCCC1. The number of rotatable bonds is 23. The number of furan rings is 1. The van der Waals surface area contributed by atoms with Gasteiger partial charge in [-0.3, -0.25) is 19.2 Å². The van der Waals surface area contributed by atoms with Crippen LogP contribution in [-0.2, 0) is 53.4 Å². The summed E-state index contributed by atoms with van der Waals surface area (Å²) < 4.78 is 22.5. The lowest BCUT2D eigenvalue weighted by Gasteiger charge is -2.34. The van der Waals surface area contributed by atoms with E-state index in [1.165, 1.54) is 40.4 Å². The lowest BCUT2D eigenvalue weighted by Crippen LogP contribution is -2.62. The number of carbonyl (C=O) groups is 5. The fourth-order valence-corrected chi connectivity index (χ4v) is 12.6. The van der Waals surface area contributed by atoms with Gasteiger partial charge < -0.3 is 39.6 Å². The minimum absolute atomic E-state index is 0.00322. The van der Waals surface area contributed by atoms with Gasteiger partial charge in [-0.25, -0.2) is 9.78 Å². The zero-order valence-corrected chi connectivity index (χ0v) is 58.2. The van der Waals surface area contributed by atoms with Crippen LogP contribution in [0.1, 0.15) is 122 Å². The number of hydrogen-bond donors (Lipinski definition) is 5. The third kappa shape index (κ3) is 18.4. The van der Waals surface area contributed by atoms with Crippen molar-refractivity contribution in [2.45, 2.75) is 127 Å². The third-order valence-corrected chi connectivity index (χ3v) is 17.6. The fraction of sp³-hybridized carbons (Fsp3) is 0.286. The number of Topliss-reactive ketones (excluding diaryl/α,β-unsaturated/α-hetero) is 1. The smallest absolute Gasteiger partial charge is 0.408 e. The second-order valence-corrected chi connectivity index (χ2v) is 26.1. The Labute approximate surface area is 594 Å². The average molecular weight is 1390 g/mol. The van der Waals surface area contributed by atoms with E-state index < -0.39 is 35.3 Å². The quantitative estimate of drug-likeness (QED) is 0.0226. The summed E-state index contributed by atoms with van der Waals surface area (Å²) >= 11 is 0. The van der Waals surface area contributed by atoms with Crippen LogP contribution in [0.5, 0.6) is 0 Å². The predicted molar refractivity (Wildman–Crippen MR) is 383 cm³/mol. The van der Waals surface area contributed by atoms with Crippen LogP contribution < -0.4 is 16.4 Å². The Kier molecular flexibility index (Phi) is 23.6. The summed E-state index contributed by atoms with van der Waals surface area (Å²) in [5.41, 5.74) is 14.0. The number of nitrogens with one attached hydrogen (secondary N) is 4. The van der Waals surface area contributed by atoms with Crippen molar-refractivity contribution in [2.75, 3.05) is 14.2 Å². The van der Waals surface area contributed by atoms with Crippen molar-refractivity contribution >= 4 is 40.8 Å². The second kappa shape index (κ2) is 33.8. The summed E-state index contributed by atoms with van der Waals surface area (Å²) in [6.45, 7) is 6.79. The molecule has 0 spiro atoms. The first kappa shape index (κ1) is 72.1. The Hall–Kier alpha value is -12.2. The van der Waals surface area contributed by atoms with Crippen LogP contribution in [0, 0.1) is 0 Å². The van der Waals surface area contributed by atoms with Crippen molar-refractivity contribution in [3.8, 4) is 45.6 Å². The molecule has 7 aromatic carbocycles. The molecule has 1 aliphatic carbocycles. The van der Waals surface area contributed by atoms with Crippen molar-refractivity contribution in [1.82, 2.24) is 81.6 Å². The third-order valence-electron chi connectivity index (χ3n) is 17.6. The summed E-state index contributed by atoms with van der Waals surface area (Å²) in [4.78, 5) is 68.0. The van der Waals surface area contributed by atoms with Gasteiger partial charge in [-0.1, -0.05) is 183 Å². The summed E-state index contributed by atoms with van der Waals surface area (Å²) in [7, 11) is 2.73. The molecule has 0 saturated heterocycles. The number of H-pyrrole nitrogens is 2. The van der Waals surface area contributed by atoms with Crippen molar-refractivity contribution in [3.63, 3.8) is 0 Å². The molecule has 1 fully saturated rings. The molecule has 5 heterocycles. The highest BCUT2D eigenvalue weighted by molar-refractivity contribution is 5.98. The molecule has 0 radical (unpaired) electrons. The van der Waals surface area contributed by atoms with Gasteiger partial charge in [-0.05, 0) is 127 Å². The Morgan fingerprint density at radius 2 is 1.13 bits per heavy atom. The van der Waals surface area contributed by atoms with Crippen LogP contribution in [-0.4, -0.2) is 139 Å². The normalized spacial score (nSPS) is 13.2. The molecule has 13 rings (SSSR count). The van der Waals surface area contributed by atoms with Crippen LogP contribution >= 0.6 is 0 Å². The Bertz CT molecular complexity index is 4600. The fourth-order valence-electron chi connectivity index (χ4n) is 12.6. The Morgan fingerprint density at radius 1 is 0.602 bits per heavy atom. The number of nitrogens with zero attached hydrogens (tertiary/aromatic N) is 12. The van der Waals surface area contributed by atoms with Crippen molar-refractivity contribution in [1.29, 1.82) is 0 Å². The standard InChI is InChI=1S/C35H35N5O3.C30H31N7O4.C12H15N5O2/c1-25(41)31(36-33(42)43-34(2,3)4)24-26-20-22-27(23-21-26)32-37-39-40(38-32)35(28-14-8-5-9-15-28,29-16-10-6-11-17-29)30-18-12-7-13-19-30;1-40-27(38)17-23(15-19-7-9-20(10-8-19)28-33-35-36-34-28)31-30(39)21-11-12-26-25(16-21)32-29(22-13-14-41-18-22)37(26)24-5-3-2-4-6-24;1-19-11(18)7-10(13)6-8-2-4-9(5-3-8)12-14-16-17-15-12/h5-23,31H,24H2,1-4H3,(H,36,42);7-14,16,18,23-24H,2-6,15,17H2,1H3,(H,31,39)(H,33,34,35,36);2-5,10H,6-7,13H2,1H3,(H,14,15,16,17)/p+1/t31-;23-;10-/m000/s1. The van der Waals surface area contributed by atoms with Gasteiger partial charge in [-0.15, -0.1) is 35.4 Å². The summed E-state index contributed by atoms with van der Waals surface area (Å²) in [6.07, 6.45) is 10.4. The number of ketones is 1. The van der Waals surface area contributed by atoms with Crippen LogP contribution in [0.3, 0.4) is 0 Å². The van der Waals surface area contributed by atoms with Gasteiger partial charge >= 0.3 is 18.0 Å². The summed E-state index contributed by atoms with van der Waals surface area (Å²) in [5, 5.41) is 47.5. The molecule has 0 bridgehead atoms. The maximum absolute atomic E-state index is 13.5. The first-order chi connectivity index (χ1) is 49.9. The number of benzene rings is 7. The Balaban J connectivity index is 0.000000166. The summed E-state index contributed by atoms with van der Waals surface area (Å²) in [6, 6.07) is 60.2. The van der Waals surface area contributed by atoms with Crippen LogP contribution in [0.25, 0.3) is 56.6 Å². The number of aromatic amines is 2. The number of carbonyl (C=O) groups excluding carboxylic acids is 5. The maximum Gasteiger partial charge on any atom is 0.408 e. The van der Waals surface area contributed by atoms with E-state index >= 15 is 0 Å². The minimum Gasteiger partial charge on any atom is -0.472 e. The first-order valence-corrected chi connectivity index (χ1v) is 34.0. The minimum atomic E-state index is -0.864. The molecular weight excluding hydrogens is 1310 g/mol. The van der Waals surface area contributed by atoms with Gasteiger partial charge in [0.15, 0.2) is 11.3 Å². The number of quaternary nitrogens is 1. The van der Waals surface area contributed by atoms with Crippen LogP contribution in [0.2, 0.25) is 0 Å².